The fraction of sp³-hybridized carbons (Fsp3) is 0.682. The molecule has 30 heavy (non-hydrogen) atoms. The average Bonchev–Trinajstić information content (AvgIpc) is 3.05. The van der Waals surface area contributed by atoms with Crippen molar-refractivity contribution in [2.45, 2.75) is 52.9 Å². The number of thiophene rings is 1. The highest BCUT2D eigenvalue weighted by atomic mass is 32.1. The van der Waals surface area contributed by atoms with Crippen LogP contribution in [0.15, 0.2) is 0 Å². The lowest BCUT2D eigenvalue weighted by Crippen LogP contribution is -2.41. The lowest BCUT2D eigenvalue weighted by atomic mass is 9.88. The molecule has 1 atom stereocenters. The molecule has 1 aliphatic heterocycles. The predicted octanol–water partition coefficient (Wildman–Crippen LogP) is 3.26. The molecule has 3 rings (SSSR count). The molecule has 1 N–H and O–H groups in total. The molecule has 166 valence electrons. The lowest BCUT2D eigenvalue weighted by molar-refractivity contribution is -0.149. The maximum absolute atomic E-state index is 12.7. The van der Waals surface area contributed by atoms with Crippen LogP contribution in [0.1, 0.15) is 60.8 Å². The summed E-state index contributed by atoms with van der Waals surface area (Å²) in [5, 5.41) is 3.58. The summed E-state index contributed by atoms with van der Waals surface area (Å²) < 4.78 is 10.4. The largest absolute Gasteiger partial charge is 0.466 e. The predicted molar refractivity (Wildman–Crippen MR) is 116 cm³/mol. The molecule has 1 aromatic rings. The summed E-state index contributed by atoms with van der Waals surface area (Å²) in [6.07, 6.45) is 4.22. The Morgan fingerprint density at radius 1 is 1.10 bits per heavy atom. The average molecular weight is 437 g/mol. The van der Waals surface area contributed by atoms with Crippen LogP contribution in [-0.2, 0) is 31.9 Å². The normalized spacial score (nSPS) is 19.8. The van der Waals surface area contributed by atoms with Crippen LogP contribution in [-0.4, -0.2) is 55.6 Å². The van der Waals surface area contributed by atoms with E-state index in [1.54, 1.807) is 6.92 Å². The number of ether oxygens (including phenoxy) is 2. The van der Waals surface area contributed by atoms with Gasteiger partial charge >= 0.3 is 11.9 Å². The fourth-order valence-corrected chi connectivity index (χ4v) is 5.63. The standard InChI is InChI=1S/C22H32N2O5S/c1-4-28-21(26)15-8-10-24(11-9-15)13-18(25)23-20-19(22(27)29-5-2)16-7-6-14(3)12-17(16)30-20/h14-15H,4-13H2,1-3H3,(H,23,25). The lowest BCUT2D eigenvalue weighted by Gasteiger charge is -2.30. The summed E-state index contributed by atoms with van der Waals surface area (Å²) in [5.74, 6) is -0.128. The smallest absolute Gasteiger partial charge is 0.341 e. The third-order valence-electron chi connectivity index (χ3n) is 5.82. The number of anilines is 1. The number of fused-ring (bicyclic) bond motifs is 1. The number of piperidine rings is 1. The van der Waals surface area contributed by atoms with Crippen molar-refractivity contribution in [2.24, 2.45) is 11.8 Å². The highest BCUT2D eigenvalue weighted by molar-refractivity contribution is 7.17. The summed E-state index contributed by atoms with van der Waals surface area (Å²) in [5.41, 5.74) is 1.58. The summed E-state index contributed by atoms with van der Waals surface area (Å²) in [4.78, 5) is 40.4. The third kappa shape index (κ3) is 5.40. The number of hydrogen-bond acceptors (Lipinski definition) is 7. The maximum atomic E-state index is 12.7. The topological polar surface area (TPSA) is 84.9 Å². The minimum atomic E-state index is -0.352. The van der Waals surface area contributed by atoms with Gasteiger partial charge in [-0.15, -0.1) is 11.3 Å². The van der Waals surface area contributed by atoms with Gasteiger partial charge in [-0.05, 0) is 70.5 Å². The first-order chi connectivity index (χ1) is 14.4. The number of nitrogens with one attached hydrogen (secondary N) is 1. The number of esters is 2. The zero-order chi connectivity index (χ0) is 21.7. The third-order valence-corrected chi connectivity index (χ3v) is 6.99. The monoisotopic (exact) mass is 436 g/mol. The molecule has 8 heteroatoms. The second kappa shape index (κ2) is 10.4. The first kappa shape index (κ1) is 22.7. The van der Waals surface area contributed by atoms with E-state index in [-0.39, 0.29) is 30.3 Å². The number of likely N-dealkylation sites (tertiary alicyclic amines) is 1. The van der Waals surface area contributed by atoms with Crippen LogP contribution < -0.4 is 5.32 Å². The molecule has 1 aliphatic carbocycles. The van der Waals surface area contributed by atoms with E-state index in [9.17, 15) is 14.4 Å². The van der Waals surface area contributed by atoms with Gasteiger partial charge < -0.3 is 14.8 Å². The highest BCUT2D eigenvalue weighted by Crippen LogP contribution is 2.40. The molecule has 0 aromatic carbocycles. The van der Waals surface area contributed by atoms with Crippen LogP contribution in [0.4, 0.5) is 5.00 Å². The summed E-state index contributed by atoms with van der Waals surface area (Å²) >= 11 is 1.51. The van der Waals surface area contributed by atoms with Crippen molar-refractivity contribution in [1.82, 2.24) is 4.90 Å². The van der Waals surface area contributed by atoms with Crippen molar-refractivity contribution in [3.05, 3.63) is 16.0 Å². The van der Waals surface area contributed by atoms with Gasteiger partial charge in [-0.1, -0.05) is 6.92 Å². The van der Waals surface area contributed by atoms with E-state index >= 15 is 0 Å². The highest BCUT2D eigenvalue weighted by Gasteiger charge is 2.30. The Bertz CT molecular complexity index is 783. The summed E-state index contributed by atoms with van der Waals surface area (Å²) in [6, 6.07) is 0. The molecule has 1 unspecified atom stereocenters. The van der Waals surface area contributed by atoms with Crippen molar-refractivity contribution in [3.63, 3.8) is 0 Å². The quantitative estimate of drug-likeness (QED) is 0.661. The van der Waals surface area contributed by atoms with Gasteiger partial charge in [-0.2, -0.15) is 0 Å². The zero-order valence-corrected chi connectivity index (χ0v) is 18.9. The fourth-order valence-electron chi connectivity index (χ4n) is 4.21. The molecule has 1 aromatic heterocycles. The van der Waals surface area contributed by atoms with Gasteiger partial charge in [-0.3, -0.25) is 14.5 Å². The van der Waals surface area contributed by atoms with Crippen molar-refractivity contribution in [1.29, 1.82) is 0 Å². The van der Waals surface area contributed by atoms with E-state index in [2.05, 4.69) is 12.2 Å². The number of hydrogen-bond donors (Lipinski definition) is 1. The van der Waals surface area contributed by atoms with Crippen LogP contribution in [0.5, 0.6) is 0 Å². The van der Waals surface area contributed by atoms with Gasteiger partial charge in [0, 0.05) is 4.88 Å². The second-order valence-corrected chi connectivity index (χ2v) is 9.23. The van der Waals surface area contributed by atoms with E-state index in [0.717, 1.165) is 24.8 Å². The molecule has 2 heterocycles. The van der Waals surface area contributed by atoms with E-state index < -0.39 is 0 Å². The Morgan fingerprint density at radius 2 is 1.80 bits per heavy atom. The number of amides is 1. The van der Waals surface area contributed by atoms with E-state index in [0.29, 0.717) is 55.6 Å². The van der Waals surface area contributed by atoms with Crippen LogP contribution >= 0.6 is 11.3 Å². The van der Waals surface area contributed by atoms with Gasteiger partial charge in [0.15, 0.2) is 0 Å². The first-order valence-corrected chi connectivity index (χ1v) is 11.7. The van der Waals surface area contributed by atoms with E-state index in [1.807, 2.05) is 11.8 Å². The Kier molecular flexibility index (Phi) is 7.88. The zero-order valence-electron chi connectivity index (χ0n) is 18.1. The number of rotatable bonds is 7. The Balaban J connectivity index is 1.63. The van der Waals surface area contributed by atoms with E-state index in [4.69, 9.17) is 9.47 Å². The van der Waals surface area contributed by atoms with Gasteiger partial charge in [0.2, 0.25) is 5.91 Å². The number of nitrogens with zero attached hydrogens (tertiary/aromatic N) is 1. The van der Waals surface area contributed by atoms with Crippen LogP contribution in [0.3, 0.4) is 0 Å². The summed E-state index contributed by atoms with van der Waals surface area (Å²) in [6.45, 7) is 8.13. The van der Waals surface area contributed by atoms with Gasteiger partial charge in [0.1, 0.15) is 5.00 Å². The van der Waals surface area contributed by atoms with Crippen molar-refractivity contribution in [3.8, 4) is 0 Å². The van der Waals surface area contributed by atoms with Crippen LogP contribution in [0.2, 0.25) is 0 Å². The first-order valence-electron chi connectivity index (χ1n) is 10.9. The molecule has 1 saturated heterocycles. The minimum Gasteiger partial charge on any atom is -0.466 e. The Morgan fingerprint density at radius 3 is 2.47 bits per heavy atom. The SMILES string of the molecule is CCOC(=O)c1c(NC(=O)CN2CCC(C(=O)OCC)CC2)sc2c1CCC(C)C2. The molecule has 0 spiro atoms. The number of carbonyl (C=O) groups is 3. The Hall–Kier alpha value is -1.93. The molecular weight excluding hydrogens is 404 g/mol. The Labute approximate surface area is 182 Å². The molecule has 0 bridgehead atoms. The number of carbonyl (C=O) groups excluding carboxylic acids is 3. The maximum Gasteiger partial charge on any atom is 0.341 e. The molecule has 0 radical (unpaired) electrons. The van der Waals surface area contributed by atoms with Crippen molar-refractivity contribution in [2.75, 3.05) is 38.2 Å². The molecule has 1 fully saturated rings. The molecule has 1 amide bonds. The summed E-state index contributed by atoms with van der Waals surface area (Å²) in [7, 11) is 0. The molecule has 2 aliphatic rings. The van der Waals surface area contributed by atoms with Gasteiger partial charge in [-0.25, -0.2) is 4.79 Å². The van der Waals surface area contributed by atoms with Crippen molar-refractivity contribution < 1.29 is 23.9 Å². The molecule has 0 saturated carbocycles. The van der Waals surface area contributed by atoms with E-state index in [1.165, 1.54) is 16.2 Å². The van der Waals surface area contributed by atoms with Gasteiger partial charge in [0.05, 0.1) is 31.2 Å². The molecular formula is C22H32N2O5S. The van der Waals surface area contributed by atoms with Crippen LogP contribution in [0.25, 0.3) is 0 Å². The second-order valence-electron chi connectivity index (χ2n) is 8.13. The molecule has 7 nitrogen and oxygen atoms in total. The van der Waals surface area contributed by atoms with Crippen LogP contribution in [0, 0.1) is 11.8 Å². The van der Waals surface area contributed by atoms with Crippen molar-refractivity contribution >= 4 is 34.2 Å². The minimum absolute atomic E-state index is 0.0781. The van der Waals surface area contributed by atoms with Gasteiger partial charge in [0.25, 0.3) is 0 Å².